The van der Waals surface area contributed by atoms with E-state index in [4.69, 9.17) is 25.8 Å². The molecule has 0 unspecified atom stereocenters. The van der Waals surface area contributed by atoms with Crippen LogP contribution in [-0.4, -0.2) is 12.6 Å². The smallest absolute Gasteiger partial charge is 0.189 e. The van der Waals surface area contributed by atoms with Crippen LogP contribution in [0.4, 0.5) is 0 Å². The standard InChI is InChI=1S/C18H17ClO4/c1-2-17(20)12-3-5-16(6-4-12)22-10-14-8-15(19)7-13-9-21-11-23-18(13)14/h3-8H,2,9-11H2,1H3. The Morgan fingerprint density at radius 3 is 2.78 bits per heavy atom. The first-order valence-corrected chi connectivity index (χ1v) is 7.83. The number of ether oxygens (including phenoxy) is 3. The van der Waals surface area contributed by atoms with Gasteiger partial charge in [-0.15, -0.1) is 0 Å². The van der Waals surface area contributed by atoms with Gasteiger partial charge >= 0.3 is 0 Å². The van der Waals surface area contributed by atoms with Crippen LogP contribution in [0.1, 0.15) is 34.8 Å². The predicted molar refractivity (Wildman–Crippen MR) is 87.1 cm³/mol. The second kappa shape index (κ2) is 7.02. The summed E-state index contributed by atoms with van der Waals surface area (Å²) >= 11 is 6.13. The topological polar surface area (TPSA) is 44.8 Å². The summed E-state index contributed by atoms with van der Waals surface area (Å²) in [7, 11) is 0. The minimum Gasteiger partial charge on any atom is -0.489 e. The SMILES string of the molecule is CCC(=O)c1ccc(OCc2cc(Cl)cc3c2OCOC3)cc1. The van der Waals surface area contributed by atoms with Gasteiger partial charge in [0, 0.05) is 28.1 Å². The molecule has 0 atom stereocenters. The molecule has 0 aliphatic carbocycles. The second-order valence-corrected chi connectivity index (χ2v) is 5.69. The number of fused-ring (bicyclic) bond motifs is 1. The molecule has 0 bridgehead atoms. The summed E-state index contributed by atoms with van der Waals surface area (Å²) in [5.41, 5.74) is 2.50. The fraction of sp³-hybridized carbons (Fsp3) is 0.278. The molecular formula is C18H17ClO4. The van der Waals surface area contributed by atoms with Gasteiger partial charge in [0.05, 0.1) is 6.61 Å². The Bertz CT molecular complexity index is 710. The quantitative estimate of drug-likeness (QED) is 0.762. The molecule has 0 amide bonds. The molecule has 1 heterocycles. The van der Waals surface area contributed by atoms with Crippen LogP contribution in [0.3, 0.4) is 0 Å². The highest BCUT2D eigenvalue weighted by molar-refractivity contribution is 6.30. The number of halogens is 1. The summed E-state index contributed by atoms with van der Waals surface area (Å²) in [6.07, 6.45) is 0.494. The van der Waals surface area contributed by atoms with E-state index < -0.39 is 0 Å². The summed E-state index contributed by atoms with van der Waals surface area (Å²) in [5.74, 6) is 1.59. The number of rotatable bonds is 5. The average molecular weight is 333 g/mol. The molecule has 2 aromatic rings. The van der Waals surface area contributed by atoms with Gasteiger partial charge in [0.15, 0.2) is 12.6 Å². The Labute approximate surface area is 139 Å². The number of carbonyl (C=O) groups is 1. The molecule has 2 aromatic carbocycles. The number of carbonyl (C=O) groups excluding carboxylic acids is 1. The van der Waals surface area contributed by atoms with Crippen molar-refractivity contribution in [2.45, 2.75) is 26.6 Å². The van der Waals surface area contributed by atoms with E-state index in [1.54, 1.807) is 24.3 Å². The van der Waals surface area contributed by atoms with Crippen molar-refractivity contribution in [3.8, 4) is 11.5 Å². The largest absolute Gasteiger partial charge is 0.489 e. The zero-order valence-electron chi connectivity index (χ0n) is 12.8. The highest BCUT2D eigenvalue weighted by atomic mass is 35.5. The van der Waals surface area contributed by atoms with Crippen molar-refractivity contribution < 1.29 is 19.0 Å². The van der Waals surface area contributed by atoms with Gasteiger partial charge in [-0.25, -0.2) is 0 Å². The number of hydrogen-bond donors (Lipinski definition) is 0. The molecule has 1 aliphatic heterocycles. The second-order valence-electron chi connectivity index (χ2n) is 5.25. The van der Waals surface area contributed by atoms with Crippen molar-refractivity contribution >= 4 is 17.4 Å². The van der Waals surface area contributed by atoms with Crippen LogP contribution >= 0.6 is 11.6 Å². The molecule has 0 saturated carbocycles. The van der Waals surface area contributed by atoms with Gasteiger partial charge in [-0.1, -0.05) is 18.5 Å². The zero-order chi connectivity index (χ0) is 16.2. The van der Waals surface area contributed by atoms with Crippen LogP contribution in [0.15, 0.2) is 36.4 Å². The van der Waals surface area contributed by atoms with Gasteiger partial charge in [0.2, 0.25) is 0 Å². The predicted octanol–water partition coefficient (Wildman–Crippen LogP) is 4.38. The monoisotopic (exact) mass is 332 g/mol. The molecule has 0 N–H and O–H groups in total. The molecule has 1 aliphatic rings. The van der Waals surface area contributed by atoms with Crippen molar-refractivity contribution in [2.24, 2.45) is 0 Å². The Balaban J connectivity index is 1.73. The molecule has 5 heteroatoms. The molecular weight excluding hydrogens is 316 g/mol. The van der Waals surface area contributed by atoms with Gasteiger partial charge in [0.1, 0.15) is 18.1 Å². The summed E-state index contributed by atoms with van der Waals surface area (Å²) in [6, 6.07) is 10.8. The first-order valence-electron chi connectivity index (χ1n) is 7.45. The fourth-order valence-corrected chi connectivity index (χ4v) is 2.73. The van der Waals surface area contributed by atoms with Crippen LogP contribution in [0.5, 0.6) is 11.5 Å². The van der Waals surface area contributed by atoms with E-state index in [0.29, 0.717) is 36.0 Å². The molecule has 120 valence electrons. The summed E-state index contributed by atoms with van der Waals surface area (Å²) in [5, 5.41) is 0.625. The van der Waals surface area contributed by atoms with Gasteiger partial charge in [-0.05, 0) is 36.4 Å². The van der Waals surface area contributed by atoms with Crippen molar-refractivity contribution in [1.29, 1.82) is 0 Å². The average Bonchev–Trinajstić information content (AvgIpc) is 2.59. The summed E-state index contributed by atoms with van der Waals surface area (Å²) < 4.78 is 16.6. The molecule has 0 fully saturated rings. The fourth-order valence-electron chi connectivity index (χ4n) is 2.47. The van der Waals surface area contributed by atoms with Crippen molar-refractivity contribution in [3.63, 3.8) is 0 Å². The molecule has 0 radical (unpaired) electrons. The minimum atomic E-state index is 0.119. The Morgan fingerprint density at radius 1 is 1.26 bits per heavy atom. The lowest BCUT2D eigenvalue weighted by molar-refractivity contribution is -0.0175. The van der Waals surface area contributed by atoms with E-state index >= 15 is 0 Å². The number of ketones is 1. The van der Waals surface area contributed by atoms with Crippen molar-refractivity contribution in [3.05, 3.63) is 58.1 Å². The maximum Gasteiger partial charge on any atom is 0.189 e. The molecule has 0 aromatic heterocycles. The maximum atomic E-state index is 11.6. The van der Waals surface area contributed by atoms with Crippen molar-refractivity contribution in [1.82, 2.24) is 0 Å². The Morgan fingerprint density at radius 2 is 2.04 bits per heavy atom. The van der Waals surface area contributed by atoms with E-state index in [0.717, 1.165) is 16.9 Å². The van der Waals surface area contributed by atoms with E-state index in [1.807, 2.05) is 19.1 Å². The van der Waals surface area contributed by atoms with Gasteiger partial charge in [0.25, 0.3) is 0 Å². The van der Waals surface area contributed by atoms with Crippen molar-refractivity contribution in [2.75, 3.05) is 6.79 Å². The summed E-state index contributed by atoms with van der Waals surface area (Å²) in [6.45, 7) is 2.90. The van der Waals surface area contributed by atoms with Gasteiger partial charge in [-0.2, -0.15) is 0 Å². The first kappa shape index (κ1) is 15.8. The molecule has 0 saturated heterocycles. The van der Waals surface area contributed by atoms with Crippen LogP contribution < -0.4 is 9.47 Å². The molecule has 3 rings (SSSR count). The third-order valence-electron chi connectivity index (χ3n) is 3.64. The molecule has 0 spiro atoms. The number of Topliss-reactive ketones (excluding diaryl/α,β-unsaturated/α-hetero) is 1. The summed E-state index contributed by atoms with van der Waals surface area (Å²) in [4.78, 5) is 11.6. The highest BCUT2D eigenvalue weighted by Gasteiger charge is 2.16. The van der Waals surface area contributed by atoms with E-state index in [1.165, 1.54) is 0 Å². The van der Waals surface area contributed by atoms with Crippen LogP contribution in [0.2, 0.25) is 5.02 Å². The van der Waals surface area contributed by atoms with Crippen LogP contribution in [-0.2, 0) is 18.0 Å². The Hall–Kier alpha value is -2.04. The number of hydrogen-bond acceptors (Lipinski definition) is 4. The maximum absolute atomic E-state index is 11.6. The highest BCUT2D eigenvalue weighted by Crippen LogP contribution is 2.32. The lowest BCUT2D eigenvalue weighted by Gasteiger charge is -2.21. The minimum absolute atomic E-state index is 0.119. The van der Waals surface area contributed by atoms with Gasteiger partial charge < -0.3 is 14.2 Å². The first-order chi connectivity index (χ1) is 11.2. The lowest BCUT2D eigenvalue weighted by Crippen LogP contribution is -2.14. The molecule has 23 heavy (non-hydrogen) atoms. The molecule has 4 nitrogen and oxygen atoms in total. The van der Waals surface area contributed by atoms with E-state index in [-0.39, 0.29) is 12.6 Å². The van der Waals surface area contributed by atoms with E-state index in [2.05, 4.69) is 0 Å². The lowest BCUT2D eigenvalue weighted by atomic mass is 10.1. The van der Waals surface area contributed by atoms with Gasteiger partial charge in [-0.3, -0.25) is 4.79 Å². The zero-order valence-corrected chi connectivity index (χ0v) is 13.6. The third-order valence-corrected chi connectivity index (χ3v) is 3.86. The number of benzene rings is 2. The van der Waals surface area contributed by atoms with Crippen LogP contribution in [0, 0.1) is 0 Å². The normalized spacial score (nSPS) is 13.1. The third kappa shape index (κ3) is 3.66. The van der Waals surface area contributed by atoms with E-state index in [9.17, 15) is 4.79 Å². The Kier molecular flexibility index (Phi) is 4.84. The van der Waals surface area contributed by atoms with Crippen LogP contribution in [0.25, 0.3) is 0 Å².